The average Bonchev–Trinajstić information content (AvgIpc) is 3.17. The van der Waals surface area contributed by atoms with Gasteiger partial charge in [0.2, 0.25) is 5.91 Å². The molecule has 120 valence electrons. The second kappa shape index (κ2) is 6.20. The number of benzene rings is 1. The lowest BCUT2D eigenvalue weighted by atomic mass is 10.2. The molecular weight excluding hydrogens is 306 g/mol. The lowest BCUT2D eigenvalue weighted by Crippen LogP contribution is -2.43. The number of furan rings is 1. The van der Waals surface area contributed by atoms with Gasteiger partial charge in [-0.05, 0) is 37.1 Å². The molecule has 2 aromatic rings. The van der Waals surface area contributed by atoms with Crippen molar-refractivity contribution in [2.24, 2.45) is 0 Å². The number of amides is 2. The highest BCUT2D eigenvalue weighted by Crippen LogP contribution is 2.22. The molecule has 0 saturated carbocycles. The molecule has 1 saturated heterocycles. The Hall–Kier alpha value is -2.70. The summed E-state index contributed by atoms with van der Waals surface area (Å²) in [7, 11) is 0. The number of rotatable bonds is 3. The molecule has 1 aliphatic heterocycles. The van der Waals surface area contributed by atoms with Crippen molar-refractivity contribution in [3.63, 3.8) is 0 Å². The first-order chi connectivity index (χ1) is 11.0. The molecule has 0 unspecified atom stereocenters. The molecule has 3 rings (SSSR count). The Morgan fingerprint density at radius 3 is 2.61 bits per heavy atom. The van der Waals surface area contributed by atoms with Crippen LogP contribution in [0.1, 0.15) is 23.4 Å². The maximum atomic E-state index is 13.2. The van der Waals surface area contributed by atoms with E-state index in [4.69, 9.17) is 4.42 Å². The van der Waals surface area contributed by atoms with Gasteiger partial charge in [0.25, 0.3) is 5.91 Å². The number of anilines is 1. The Kier molecular flexibility index (Phi) is 4.10. The quantitative estimate of drug-likeness (QED) is 0.946. The minimum absolute atomic E-state index is 0.0183. The topological polar surface area (TPSA) is 62.6 Å². The van der Waals surface area contributed by atoms with Gasteiger partial charge in [0.1, 0.15) is 17.7 Å². The summed E-state index contributed by atoms with van der Waals surface area (Å²) >= 11 is 0. The molecule has 1 N–H and O–H groups in total. The molecule has 0 spiro atoms. The molecule has 1 aromatic carbocycles. The van der Waals surface area contributed by atoms with Gasteiger partial charge in [0.15, 0.2) is 5.76 Å². The minimum atomic E-state index is -0.782. The van der Waals surface area contributed by atoms with Gasteiger partial charge in [-0.1, -0.05) is 0 Å². The van der Waals surface area contributed by atoms with Crippen molar-refractivity contribution in [2.45, 2.75) is 18.9 Å². The number of carbonyl (C=O) groups is 2. The van der Waals surface area contributed by atoms with E-state index in [1.165, 1.54) is 17.2 Å². The Morgan fingerprint density at radius 1 is 1.22 bits per heavy atom. The zero-order valence-corrected chi connectivity index (χ0v) is 12.1. The zero-order valence-electron chi connectivity index (χ0n) is 12.1. The number of nitrogens with zero attached hydrogens (tertiary/aromatic N) is 1. The molecule has 1 aliphatic rings. The Labute approximate surface area is 130 Å². The highest BCUT2D eigenvalue weighted by molar-refractivity contribution is 6.00. The molecule has 0 radical (unpaired) electrons. The van der Waals surface area contributed by atoms with E-state index in [0.717, 1.165) is 18.2 Å². The summed E-state index contributed by atoms with van der Waals surface area (Å²) < 4.78 is 31.4. The van der Waals surface area contributed by atoms with E-state index in [0.29, 0.717) is 19.4 Å². The summed E-state index contributed by atoms with van der Waals surface area (Å²) in [6.45, 7) is 0.426. The summed E-state index contributed by atoms with van der Waals surface area (Å²) in [4.78, 5) is 26.1. The van der Waals surface area contributed by atoms with Crippen molar-refractivity contribution in [3.05, 3.63) is 54.0 Å². The maximum absolute atomic E-state index is 13.2. The van der Waals surface area contributed by atoms with Crippen LogP contribution in [0.3, 0.4) is 0 Å². The third kappa shape index (κ3) is 3.23. The number of nitrogens with one attached hydrogen (secondary N) is 1. The predicted molar refractivity (Wildman–Crippen MR) is 77.8 cm³/mol. The normalized spacial score (nSPS) is 17.3. The van der Waals surface area contributed by atoms with Gasteiger partial charge in [0.05, 0.1) is 6.26 Å². The SMILES string of the molecule is O=C(Nc1cc(F)cc(F)c1)[C@H]1CCCN1C(=O)c1ccco1. The first-order valence-corrected chi connectivity index (χ1v) is 7.16. The van der Waals surface area contributed by atoms with Crippen molar-refractivity contribution >= 4 is 17.5 Å². The molecule has 0 aliphatic carbocycles. The largest absolute Gasteiger partial charge is 0.459 e. The first kappa shape index (κ1) is 15.2. The van der Waals surface area contributed by atoms with E-state index in [1.807, 2.05) is 0 Å². The molecule has 1 aromatic heterocycles. The highest BCUT2D eigenvalue weighted by Gasteiger charge is 2.35. The fourth-order valence-corrected chi connectivity index (χ4v) is 2.68. The van der Waals surface area contributed by atoms with Crippen molar-refractivity contribution < 1.29 is 22.8 Å². The summed E-state index contributed by atoms with van der Waals surface area (Å²) in [5.74, 6) is -2.27. The van der Waals surface area contributed by atoms with Crippen molar-refractivity contribution in [1.82, 2.24) is 4.90 Å². The van der Waals surface area contributed by atoms with Crippen LogP contribution < -0.4 is 5.32 Å². The van der Waals surface area contributed by atoms with Gasteiger partial charge in [-0.2, -0.15) is 0 Å². The van der Waals surface area contributed by atoms with Crippen LogP contribution in [0.25, 0.3) is 0 Å². The summed E-state index contributed by atoms with van der Waals surface area (Å²) in [5, 5.41) is 2.45. The van der Waals surface area contributed by atoms with Crippen LogP contribution in [0.15, 0.2) is 41.0 Å². The van der Waals surface area contributed by atoms with E-state index >= 15 is 0 Å². The van der Waals surface area contributed by atoms with Gasteiger partial charge in [-0.15, -0.1) is 0 Å². The van der Waals surface area contributed by atoms with Gasteiger partial charge in [-0.3, -0.25) is 9.59 Å². The molecule has 1 fully saturated rings. The Morgan fingerprint density at radius 2 is 1.96 bits per heavy atom. The number of likely N-dealkylation sites (tertiary alicyclic amines) is 1. The zero-order chi connectivity index (χ0) is 16.4. The maximum Gasteiger partial charge on any atom is 0.290 e. The molecule has 23 heavy (non-hydrogen) atoms. The number of halogens is 2. The van der Waals surface area contributed by atoms with Crippen molar-refractivity contribution in [2.75, 3.05) is 11.9 Å². The molecule has 7 heteroatoms. The third-order valence-electron chi connectivity index (χ3n) is 3.68. The fraction of sp³-hybridized carbons (Fsp3) is 0.250. The number of hydrogen-bond acceptors (Lipinski definition) is 3. The molecule has 2 amide bonds. The van der Waals surface area contributed by atoms with Crippen molar-refractivity contribution in [3.8, 4) is 0 Å². The van der Waals surface area contributed by atoms with Crippen LogP contribution in [0.2, 0.25) is 0 Å². The minimum Gasteiger partial charge on any atom is -0.459 e. The van der Waals surface area contributed by atoms with Gasteiger partial charge in [-0.25, -0.2) is 8.78 Å². The third-order valence-corrected chi connectivity index (χ3v) is 3.68. The molecular formula is C16H14F2N2O3. The van der Waals surface area contributed by atoms with Gasteiger partial charge >= 0.3 is 0 Å². The Balaban J connectivity index is 1.74. The summed E-state index contributed by atoms with van der Waals surface area (Å²) in [5.41, 5.74) is 0.0183. The van der Waals surface area contributed by atoms with Crippen LogP contribution in [0.5, 0.6) is 0 Å². The van der Waals surface area contributed by atoms with Crippen LogP contribution >= 0.6 is 0 Å². The lowest BCUT2D eigenvalue weighted by Gasteiger charge is -2.23. The van der Waals surface area contributed by atoms with E-state index in [2.05, 4.69) is 5.32 Å². The van der Waals surface area contributed by atoms with E-state index in [-0.39, 0.29) is 17.4 Å². The second-order valence-electron chi connectivity index (χ2n) is 5.28. The van der Waals surface area contributed by atoms with Crippen LogP contribution in [-0.4, -0.2) is 29.3 Å². The molecule has 1 atom stereocenters. The predicted octanol–water partition coefficient (Wildman–Crippen LogP) is 2.80. The monoisotopic (exact) mass is 320 g/mol. The highest BCUT2D eigenvalue weighted by atomic mass is 19.1. The standard InChI is InChI=1S/C16H14F2N2O3/c17-10-7-11(18)9-12(8-10)19-15(21)13-3-1-5-20(13)16(22)14-4-2-6-23-14/h2,4,6-9,13H,1,3,5H2,(H,19,21)/t13-/m1/s1. The average molecular weight is 320 g/mol. The van der Waals surface area contributed by atoms with Crippen LogP contribution in [0.4, 0.5) is 14.5 Å². The van der Waals surface area contributed by atoms with E-state index in [1.54, 1.807) is 6.07 Å². The van der Waals surface area contributed by atoms with Crippen LogP contribution in [-0.2, 0) is 4.79 Å². The van der Waals surface area contributed by atoms with Crippen LogP contribution in [0, 0.1) is 11.6 Å². The van der Waals surface area contributed by atoms with Gasteiger partial charge in [0, 0.05) is 18.3 Å². The van der Waals surface area contributed by atoms with E-state index < -0.39 is 23.6 Å². The lowest BCUT2D eigenvalue weighted by molar-refractivity contribution is -0.119. The fourth-order valence-electron chi connectivity index (χ4n) is 2.68. The second-order valence-corrected chi connectivity index (χ2v) is 5.28. The number of hydrogen-bond donors (Lipinski definition) is 1. The first-order valence-electron chi connectivity index (χ1n) is 7.16. The number of carbonyl (C=O) groups excluding carboxylic acids is 2. The Bertz CT molecular complexity index is 711. The molecule has 0 bridgehead atoms. The molecule has 2 heterocycles. The smallest absolute Gasteiger partial charge is 0.290 e. The summed E-state index contributed by atoms with van der Waals surface area (Å²) in [6, 6.07) is 5.19. The summed E-state index contributed by atoms with van der Waals surface area (Å²) in [6.07, 6.45) is 2.53. The molecule has 5 nitrogen and oxygen atoms in total. The van der Waals surface area contributed by atoms with Gasteiger partial charge < -0.3 is 14.6 Å². The van der Waals surface area contributed by atoms with Crippen molar-refractivity contribution in [1.29, 1.82) is 0 Å². The van der Waals surface area contributed by atoms with E-state index in [9.17, 15) is 18.4 Å².